The molecule has 0 radical (unpaired) electrons. The number of rotatable bonds is 5. The van der Waals surface area contributed by atoms with Crippen LogP contribution >= 0.6 is 15.9 Å². The van der Waals surface area contributed by atoms with E-state index in [0.717, 1.165) is 17.5 Å². The van der Waals surface area contributed by atoms with Gasteiger partial charge >= 0.3 is 0 Å². The molecule has 0 saturated carbocycles. The number of amidine groups is 1. The fraction of sp³-hybridized carbons (Fsp3) is 0.0667. The van der Waals surface area contributed by atoms with Gasteiger partial charge in [-0.05, 0) is 34.5 Å². The van der Waals surface area contributed by atoms with Crippen molar-refractivity contribution in [2.75, 3.05) is 5.32 Å². The number of anilines is 2. The lowest BCUT2D eigenvalue weighted by Gasteiger charge is -2.09. The fourth-order valence-electron chi connectivity index (χ4n) is 1.80. The molecule has 0 unspecified atom stereocenters. The normalized spacial score (nSPS) is 12.1. The number of hydrogen-bond donors (Lipinski definition) is 4. The smallest absolute Gasteiger partial charge is 0.253 e. The second kappa shape index (κ2) is 7.55. The lowest BCUT2D eigenvalue weighted by atomic mass is 10.2. The third-order valence-electron chi connectivity index (χ3n) is 3.05. The van der Waals surface area contributed by atoms with Crippen LogP contribution in [-0.4, -0.2) is 21.7 Å². The SMILES string of the molecule is Cc1ccccc1Nc1ncc(Br)c(N=C(N)/C(=C\N)C(N)=O)n1. The van der Waals surface area contributed by atoms with Crippen molar-refractivity contribution in [3.05, 3.63) is 52.3 Å². The number of nitrogens with two attached hydrogens (primary N) is 3. The molecule has 7 N–H and O–H groups in total. The van der Waals surface area contributed by atoms with E-state index in [-0.39, 0.29) is 17.2 Å². The van der Waals surface area contributed by atoms with Gasteiger partial charge in [-0.3, -0.25) is 4.79 Å². The molecule has 0 atom stereocenters. The number of aliphatic imine (C=N–C) groups is 1. The Labute approximate surface area is 147 Å². The van der Waals surface area contributed by atoms with Crippen molar-refractivity contribution in [1.82, 2.24) is 9.97 Å². The highest BCUT2D eigenvalue weighted by Gasteiger charge is 2.12. The molecule has 24 heavy (non-hydrogen) atoms. The Hall–Kier alpha value is -2.94. The lowest BCUT2D eigenvalue weighted by molar-refractivity contribution is -0.114. The third kappa shape index (κ3) is 4.07. The number of aryl methyl sites for hydroxylation is 1. The molecular weight excluding hydrogens is 374 g/mol. The van der Waals surface area contributed by atoms with Gasteiger partial charge in [0.15, 0.2) is 5.82 Å². The first-order valence-corrected chi connectivity index (χ1v) is 7.63. The van der Waals surface area contributed by atoms with Gasteiger partial charge in [0, 0.05) is 18.1 Å². The van der Waals surface area contributed by atoms with Crippen LogP contribution in [0.2, 0.25) is 0 Å². The van der Waals surface area contributed by atoms with Gasteiger partial charge in [0.1, 0.15) is 5.84 Å². The highest BCUT2D eigenvalue weighted by molar-refractivity contribution is 9.10. The number of halogens is 1. The van der Waals surface area contributed by atoms with Crippen LogP contribution in [-0.2, 0) is 4.79 Å². The molecule has 124 valence electrons. The molecule has 0 spiro atoms. The minimum atomic E-state index is -0.776. The van der Waals surface area contributed by atoms with Crippen LogP contribution in [0.1, 0.15) is 5.56 Å². The molecule has 1 aromatic carbocycles. The maximum absolute atomic E-state index is 11.2. The Kier molecular flexibility index (Phi) is 5.48. The Morgan fingerprint density at radius 1 is 1.33 bits per heavy atom. The Balaban J connectivity index is 2.36. The fourth-order valence-corrected chi connectivity index (χ4v) is 2.08. The van der Waals surface area contributed by atoms with Crippen LogP contribution in [0.15, 0.2) is 51.7 Å². The zero-order valence-electron chi connectivity index (χ0n) is 12.8. The minimum absolute atomic E-state index is 0.0890. The number of aromatic nitrogens is 2. The molecule has 0 bridgehead atoms. The number of nitrogens with one attached hydrogen (secondary N) is 1. The quantitative estimate of drug-likeness (QED) is 0.347. The summed E-state index contributed by atoms with van der Waals surface area (Å²) in [5.74, 6) is -0.344. The number of carbonyl (C=O) groups is 1. The summed E-state index contributed by atoms with van der Waals surface area (Å²) >= 11 is 3.28. The number of benzene rings is 1. The largest absolute Gasteiger partial charge is 0.404 e. The van der Waals surface area contributed by atoms with E-state index in [0.29, 0.717) is 10.4 Å². The van der Waals surface area contributed by atoms with Gasteiger partial charge in [-0.2, -0.15) is 4.98 Å². The van der Waals surface area contributed by atoms with Crippen molar-refractivity contribution in [3.63, 3.8) is 0 Å². The van der Waals surface area contributed by atoms with Gasteiger partial charge in [-0.1, -0.05) is 18.2 Å². The van der Waals surface area contributed by atoms with Gasteiger partial charge in [0.2, 0.25) is 5.95 Å². The van der Waals surface area contributed by atoms with Crippen molar-refractivity contribution in [2.24, 2.45) is 22.2 Å². The zero-order valence-corrected chi connectivity index (χ0v) is 14.4. The number of carbonyl (C=O) groups excluding carboxylic acids is 1. The molecule has 0 fully saturated rings. The van der Waals surface area contributed by atoms with Crippen LogP contribution < -0.4 is 22.5 Å². The summed E-state index contributed by atoms with van der Waals surface area (Å²) < 4.78 is 0.502. The minimum Gasteiger partial charge on any atom is -0.404 e. The first-order chi connectivity index (χ1) is 11.4. The first kappa shape index (κ1) is 17.4. The van der Waals surface area contributed by atoms with E-state index < -0.39 is 5.91 Å². The van der Waals surface area contributed by atoms with Crippen molar-refractivity contribution < 1.29 is 4.79 Å². The summed E-state index contributed by atoms with van der Waals surface area (Å²) in [6.45, 7) is 1.96. The average molecular weight is 390 g/mol. The van der Waals surface area contributed by atoms with E-state index in [1.54, 1.807) is 0 Å². The molecule has 2 aromatic rings. The topological polar surface area (TPSA) is 145 Å². The van der Waals surface area contributed by atoms with E-state index in [1.807, 2.05) is 31.2 Å². The van der Waals surface area contributed by atoms with Gasteiger partial charge in [0.05, 0.1) is 10.0 Å². The molecule has 0 saturated heterocycles. The average Bonchev–Trinajstić information content (AvgIpc) is 2.53. The highest BCUT2D eigenvalue weighted by atomic mass is 79.9. The Morgan fingerprint density at radius 2 is 2.04 bits per heavy atom. The summed E-state index contributed by atoms with van der Waals surface area (Å²) in [6, 6.07) is 7.70. The van der Waals surface area contributed by atoms with Crippen molar-refractivity contribution in [2.45, 2.75) is 6.92 Å². The summed E-state index contributed by atoms with van der Waals surface area (Å²) in [4.78, 5) is 23.8. The van der Waals surface area contributed by atoms with Crippen LogP contribution in [0.25, 0.3) is 0 Å². The molecule has 1 aromatic heterocycles. The third-order valence-corrected chi connectivity index (χ3v) is 3.61. The number of nitrogens with zero attached hydrogens (tertiary/aromatic N) is 3. The predicted molar refractivity (Wildman–Crippen MR) is 96.9 cm³/mol. The maximum atomic E-state index is 11.2. The molecule has 1 amide bonds. The molecule has 8 nitrogen and oxygen atoms in total. The number of primary amides is 1. The summed E-state index contributed by atoms with van der Waals surface area (Å²) in [5, 5.41) is 3.09. The van der Waals surface area contributed by atoms with E-state index in [2.05, 4.69) is 36.2 Å². The Morgan fingerprint density at radius 3 is 2.67 bits per heavy atom. The predicted octanol–water partition coefficient (Wildman–Crippen LogP) is 1.61. The van der Waals surface area contributed by atoms with Gasteiger partial charge in [-0.25, -0.2) is 9.98 Å². The standard InChI is InChI=1S/C15H16BrN7O/c1-8-4-2-3-5-11(8)21-15-20-7-10(16)14(23-15)22-12(18)9(6-17)13(19)24/h2-7H,17H2,1H3,(H2,19,24)(H3,18,20,21,22,23)/b9-6+. The van der Waals surface area contributed by atoms with E-state index in [1.165, 1.54) is 6.20 Å². The second-order valence-electron chi connectivity index (χ2n) is 4.75. The molecule has 0 aliphatic rings. The summed E-state index contributed by atoms with van der Waals surface area (Å²) in [7, 11) is 0. The number of amides is 1. The van der Waals surface area contributed by atoms with E-state index in [9.17, 15) is 4.79 Å². The van der Waals surface area contributed by atoms with E-state index in [4.69, 9.17) is 17.2 Å². The van der Waals surface area contributed by atoms with Gasteiger partial charge in [-0.15, -0.1) is 0 Å². The summed E-state index contributed by atoms with van der Waals surface area (Å²) in [6.07, 6.45) is 2.53. The van der Waals surface area contributed by atoms with Gasteiger partial charge in [0.25, 0.3) is 5.91 Å². The highest BCUT2D eigenvalue weighted by Crippen LogP contribution is 2.25. The van der Waals surface area contributed by atoms with Crippen molar-refractivity contribution in [3.8, 4) is 0 Å². The molecule has 0 aliphatic heterocycles. The van der Waals surface area contributed by atoms with Crippen LogP contribution in [0.5, 0.6) is 0 Å². The number of hydrogen-bond acceptors (Lipinski definition) is 6. The second-order valence-corrected chi connectivity index (χ2v) is 5.60. The Bertz CT molecular complexity index is 832. The van der Waals surface area contributed by atoms with Crippen LogP contribution in [0.4, 0.5) is 17.5 Å². The lowest BCUT2D eigenvalue weighted by Crippen LogP contribution is -2.27. The molecular formula is C15H16BrN7O. The van der Waals surface area contributed by atoms with Crippen molar-refractivity contribution >= 4 is 45.1 Å². The molecule has 1 heterocycles. The van der Waals surface area contributed by atoms with Crippen molar-refractivity contribution in [1.29, 1.82) is 0 Å². The molecule has 2 rings (SSSR count). The zero-order chi connectivity index (χ0) is 17.7. The monoisotopic (exact) mass is 389 g/mol. The summed E-state index contributed by atoms with van der Waals surface area (Å²) in [5.41, 5.74) is 18.1. The number of para-hydroxylation sites is 1. The van der Waals surface area contributed by atoms with Crippen LogP contribution in [0.3, 0.4) is 0 Å². The van der Waals surface area contributed by atoms with Crippen LogP contribution in [0, 0.1) is 6.92 Å². The maximum Gasteiger partial charge on any atom is 0.253 e. The van der Waals surface area contributed by atoms with Gasteiger partial charge < -0.3 is 22.5 Å². The van der Waals surface area contributed by atoms with E-state index >= 15 is 0 Å². The first-order valence-electron chi connectivity index (χ1n) is 6.83. The molecule has 9 heteroatoms. The molecule has 0 aliphatic carbocycles.